The molecular weight excluding hydrogens is 244 g/mol. The van der Waals surface area contributed by atoms with Gasteiger partial charge in [0.15, 0.2) is 5.78 Å². The molecule has 0 aliphatic heterocycles. The van der Waals surface area contributed by atoms with Crippen molar-refractivity contribution in [2.24, 2.45) is 0 Å². The highest BCUT2D eigenvalue weighted by atomic mass is 32.2. The minimum absolute atomic E-state index is 0.175. The first-order valence-corrected chi connectivity index (χ1v) is 7.17. The first-order chi connectivity index (χ1) is 8.79. The summed E-state index contributed by atoms with van der Waals surface area (Å²) in [6.07, 6.45) is 2.66. The molecule has 94 valence electrons. The number of furan rings is 1. The number of aryl methyl sites for hydroxylation is 1. The van der Waals surface area contributed by atoms with Gasteiger partial charge in [0.05, 0.1) is 17.8 Å². The summed E-state index contributed by atoms with van der Waals surface area (Å²) in [4.78, 5) is 11.9. The van der Waals surface area contributed by atoms with E-state index in [2.05, 4.69) is 6.92 Å². The third kappa shape index (κ3) is 3.50. The lowest BCUT2D eigenvalue weighted by atomic mass is 10.1. The molecule has 0 radical (unpaired) electrons. The van der Waals surface area contributed by atoms with Gasteiger partial charge >= 0.3 is 0 Å². The molecule has 2 nitrogen and oxygen atoms in total. The minimum Gasteiger partial charge on any atom is -0.468 e. The molecule has 18 heavy (non-hydrogen) atoms. The number of carbonyl (C=O) groups is 1. The number of rotatable bonds is 6. The quantitative estimate of drug-likeness (QED) is 0.736. The first-order valence-electron chi connectivity index (χ1n) is 6.02. The van der Waals surface area contributed by atoms with Crippen LogP contribution in [0.4, 0.5) is 0 Å². The highest BCUT2D eigenvalue weighted by Gasteiger charge is 2.06. The molecule has 0 amide bonds. The Hall–Kier alpha value is -1.48. The van der Waals surface area contributed by atoms with Crippen LogP contribution in [-0.2, 0) is 12.2 Å². The predicted octanol–water partition coefficient (Wildman–Crippen LogP) is 3.96. The Kier molecular flexibility index (Phi) is 4.65. The summed E-state index contributed by atoms with van der Waals surface area (Å²) in [6.45, 7) is 2.11. The van der Waals surface area contributed by atoms with Gasteiger partial charge in [-0.05, 0) is 24.1 Å². The standard InChI is InChI=1S/C15H16O2S/c1-2-12-5-7-13(8-6-12)15(16)11-18-10-14-4-3-9-17-14/h3-9H,2,10-11H2,1H3. The van der Waals surface area contributed by atoms with Crippen LogP contribution in [0.5, 0.6) is 0 Å². The van der Waals surface area contributed by atoms with Crippen LogP contribution < -0.4 is 0 Å². The third-order valence-corrected chi connectivity index (χ3v) is 3.70. The maximum atomic E-state index is 11.9. The Balaban J connectivity index is 1.83. The molecule has 0 saturated heterocycles. The molecule has 0 saturated carbocycles. The molecule has 1 heterocycles. The normalized spacial score (nSPS) is 10.5. The van der Waals surface area contributed by atoms with Crippen LogP contribution in [-0.4, -0.2) is 11.5 Å². The van der Waals surface area contributed by atoms with E-state index >= 15 is 0 Å². The zero-order chi connectivity index (χ0) is 12.8. The van der Waals surface area contributed by atoms with E-state index < -0.39 is 0 Å². The van der Waals surface area contributed by atoms with Crippen LogP contribution in [0.2, 0.25) is 0 Å². The number of benzene rings is 1. The van der Waals surface area contributed by atoms with E-state index in [0.717, 1.165) is 23.5 Å². The fraction of sp³-hybridized carbons (Fsp3) is 0.267. The van der Waals surface area contributed by atoms with Gasteiger partial charge in [-0.15, -0.1) is 11.8 Å². The Morgan fingerprint density at radius 1 is 1.22 bits per heavy atom. The molecule has 2 rings (SSSR count). The number of Topliss-reactive ketones (excluding diaryl/α,β-unsaturated/α-hetero) is 1. The van der Waals surface area contributed by atoms with Gasteiger partial charge in [-0.1, -0.05) is 31.2 Å². The molecule has 0 bridgehead atoms. The van der Waals surface area contributed by atoms with Gasteiger partial charge in [-0.2, -0.15) is 0 Å². The summed E-state index contributed by atoms with van der Waals surface area (Å²) >= 11 is 1.58. The smallest absolute Gasteiger partial charge is 0.172 e. The minimum atomic E-state index is 0.175. The van der Waals surface area contributed by atoms with E-state index in [-0.39, 0.29) is 5.78 Å². The molecule has 0 spiro atoms. The SMILES string of the molecule is CCc1ccc(C(=O)CSCc2ccco2)cc1. The van der Waals surface area contributed by atoms with E-state index in [1.807, 2.05) is 36.4 Å². The average molecular weight is 260 g/mol. The number of hydrogen-bond acceptors (Lipinski definition) is 3. The second-order valence-electron chi connectivity index (χ2n) is 4.05. The molecule has 0 unspecified atom stereocenters. The van der Waals surface area contributed by atoms with Crippen molar-refractivity contribution in [3.8, 4) is 0 Å². The van der Waals surface area contributed by atoms with Crippen molar-refractivity contribution >= 4 is 17.5 Å². The fourth-order valence-electron chi connectivity index (χ4n) is 1.65. The summed E-state index contributed by atoms with van der Waals surface area (Å²) in [5.74, 6) is 2.32. The summed E-state index contributed by atoms with van der Waals surface area (Å²) in [5.41, 5.74) is 2.05. The van der Waals surface area contributed by atoms with Crippen LogP contribution in [0.25, 0.3) is 0 Å². The summed E-state index contributed by atoms with van der Waals surface area (Å²) in [7, 11) is 0. The van der Waals surface area contributed by atoms with Gasteiger partial charge in [-0.3, -0.25) is 4.79 Å². The van der Waals surface area contributed by atoms with Crippen molar-refractivity contribution < 1.29 is 9.21 Å². The summed E-state index contributed by atoms with van der Waals surface area (Å²) in [6, 6.07) is 11.6. The molecule has 0 aliphatic rings. The van der Waals surface area contributed by atoms with Gasteiger partial charge in [0, 0.05) is 5.56 Å². The zero-order valence-electron chi connectivity index (χ0n) is 10.4. The van der Waals surface area contributed by atoms with Crippen molar-refractivity contribution in [3.63, 3.8) is 0 Å². The van der Waals surface area contributed by atoms with E-state index in [1.165, 1.54) is 5.56 Å². The van der Waals surface area contributed by atoms with Crippen LogP contribution in [0.15, 0.2) is 47.1 Å². The average Bonchev–Trinajstić information content (AvgIpc) is 2.92. The molecular formula is C15H16O2S. The summed E-state index contributed by atoms with van der Waals surface area (Å²) < 4.78 is 5.22. The van der Waals surface area contributed by atoms with Crippen LogP contribution in [0.1, 0.15) is 28.6 Å². The maximum Gasteiger partial charge on any atom is 0.172 e. The lowest BCUT2D eigenvalue weighted by molar-refractivity contribution is 0.102. The number of ketones is 1. The molecule has 0 N–H and O–H groups in total. The monoisotopic (exact) mass is 260 g/mol. The molecule has 3 heteroatoms. The Morgan fingerprint density at radius 2 is 2.00 bits per heavy atom. The van der Waals surface area contributed by atoms with Crippen molar-refractivity contribution in [1.29, 1.82) is 0 Å². The zero-order valence-corrected chi connectivity index (χ0v) is 11.2. The highest BCUT2D eigenvalue weighted by molar-refractivity contribution is 7.99. The lowest BCUT2D eigenvalue weighted by Gasteiger charge is -2.02. The third-order valence-electron chi connectivity index (χ3n) is 2.74. The van der Waals surface area contributed by atoms with E-state index in [9.17, 15) is 4.79 Å². The van der Waals surface area contributed by atoms with Crippen LogP contribution in [0, 0.1) is 0 Å². The van der Waals surface area contributed by atoms with Gasteiger partial charge < -0.3 is 4.42 Å². The van der Waals surface area contributed by atoms with Crippen molar-refractivity contribution in [2.45, 2.75) is 19.1 Å². The van der Waals surface area contributed by atoms with E-state index in [4.69, 9.17) is 4.42 Å². The van der Waals surface area contributed by atoms with Gasteiger partial charge in [-0.25, -0.2) is 0 Å². The van der Waals surface area contributed by atoms with Crippen LogP contribution >= 0.6 is 11.8 Å². The van der Waals surface area contributed by atoms with Crippen molar-refractivity contribution in [3.05, 3.63) is 59.5 Å². The van der Waals surface area contributed by atoms with Crippen molar-refractivity contribution in [2.75, 3.05) is 5.75 Å². The fourth-order valence-corrected chi connectivity index (χ4v) is 2.47. The molecule has 0 aliphatic carbocycles. The largest absolute Gasteiger partial charge is 0.468 e. The second kappa shape index (κ2) is 6.45. The molecule has 0 atom stereocenters. The lowest BCUT2D eigenvalue weighted by Crippen LogP contribution is -2.02. The summed E-state index contributed by atoms with van der Waals surface area (Å²) in [5, 5.41) is 0. The molecule has 0 fully saturated rings. The predicted molar refractivity (Wildman–Crippen MR) is 75.0 cm³/mol. The molecule has 1 aromatic heterocycles. The first kappa shape index (κ1) is 13.0. The van der Waals surface area contributed by atoms with E-state index in [1.54, 1.807) is 18.0 Å². The number of hydrogen-bond donors (Lipinski definition) is 0. The Labute approximate surface area is 111 Å². The van der Waals surface area contributed by atoms with Gasteiger partial charge in [0.1, 0.15) is 5.76 Å². The molecule has 1 aromatic carbocycles. The number of thioether (sulfide) groups is 1. The Morgan fingerprint density at radius 3 is 2.61 bits per heavy atom. The van der Waals surface area contributed by atoms with Gasteiger partial charge in [0.2, 0.25) is 0 Å². The highest BCUT2D eigenvalue weighted by Crippen LogP contribution is 2.15. The van der Waals surface area contributed by atoms with E-state index in [0.29, 0.717) is 5.75 Å². The topological polar surface area (TPSA) is 30.2 Å². The van der Waals surface area contributed by atoms with Crippen molar-refractivity contribution in [1.82, 2.24) is 0 Å². The molecule has 2 aromatic rings. The maximum absolute atomic E-state index is 11.9. The second-order valence-corrected chi connectivity index (χ2v) is 5.03. The van der Waals surface area contributed by atoms with Gasteiger partial charge in [0.25, 0.3) is 0 Å². The number of carbonyl (C=O) groups excluding carboxylic acids is 1. The Bertz CT molecular complexity index is 486. The van der Waals surface area contributed by atoms with Crippen LogP contribution in [0.3, 0.4) is 0 Å².